The van der Waals surface area contributed by atoms with Gasteiger partial charge in [-0.25, -0.2) is 10.8 Å². The van der Waals surface area contributed by atoms with Crippen LogP contribution in [0.3, 0.4) is 0 Å². The number of carbonyl (C=O) groups excluding carboxylic acids is 3. The fraction of sp³-hybridized carbons (Fsp3) is 0.250. The predicted molar refractivity (Wildman–Crippen MR) is 127 cm³/mol. The number of hydrogen-bond acceptors (Lipinski definition) is 12. The Morgan fingerprint density at radius 2 is 2.17 bits per heavy atom. The minimum Gasteiger partial charge on any atom is -0.543 e. The minimum absolute atomic E-state index is 0.0877. The molecule has 2 aliphatic heterocycles. The number of aliphatic carboxylic acids is 1. The summed E-state index contributed by atoms with van der Waals surface area (Å²) < 4.78 is 1.56. The molecule has 186 valence electrons. The molecule has 1 fully saturated rings. The first-order valence-electron chi connectivity index (χ1n) is 10.4. The van der Waals surface area contributed by atoms with E-state index in [1.165, 1.54) is 29.0 Å². The zero-order valence-corrected chi connectivity index (χ0v) is 20.3. The van der Waals surface area contributed by atoms with Gasteiger partial charge in [0.25, 0.3) is 11.8 Å². The molecule has 0 bridgehead atoms. The lowest BCUT2D eigenvalue weighted by Gasteiger charge is -2.50. The molecule has 1 saturated heterocycles. The van der Waals surface area contributed by atoms with Gasteiger partial charge in [0.2, 0.25) is 11.0 Å². The average Bonchev–Trinajstić information content (AvgIpc) is 3.43. The molecule has 2 amide bonds. The van der Waals surface area contributed by atoms with E-state index in [1.807, 2.05) is 12.1 Å². The SMILES string of the molecule is CO/N=C(/C(=O)NC1C(=O)N2C(C(=O)[O-])=C(C[n+]3nn(N)c4ccccc43)CSC12)c1csc(N)n1. The van der Waals surface area contributed by atoms with E-state index in [9.17, 15) is 19.5 Å². The highest BCUT2D eigenvalue weighted by Crippen LogP contribution is 2.40. The van der Waals surface area contributed by atoms with E-state index in [2.05, 4.69) is 20.7 Å². The second-order valence-electron chi connectivity index (χ2n) is 7.77. The molecule has 5 rings (SSSR count). The number of rotatable bonds is 7. The second-order valence-corrected chi connectivity index (χ2v) is 9.77. The van der Waals surface area contributed by atoms with Gasteiger partial charge >= 0.3 is 0 Å². The molecular weight excluding hydrogens is 510 g/mol. The molecule has 0 radical (unpaired) electrons. The normalized spacial score (nSPS) is 19.8. The van der Waals surface area contributed by atoms with Crippen molar-refractivity contribution in [3.63, 3.8) is 0 Å². The summed E-state index contributed by atoms with van der Waals surface area (Å²) in [7, 11) is 1.27. The molecule has 36 heavy (non-hydrogen) atoms. The second kappa shape index (κ2) is 9.12. The Kier molecular flexibility index (Phi) is 5.97. The molecule has 0 aliphatic carbocycles. The molecule has 2 unspecified atom stereocenters. The van der Waals surface area contributed by atoms with Gasteiger partial charge in [0.05, 0.1) is 11.7 Å². The summed E-state index contributed by atoms with van der Waals surface area (Å²) in [6.45, 7) is 0.0877. The molecule has 1 aromatic carbocycles. The molecule has 0 spiro atoms. The standard InChI is InChI=1S/C20H19N9O5S2/c1-34-25-13(10-8-36-20(21)23-10)16(30)24-14-17(31)28-15(19(32)33)9(7-35-18(14)28)6-27-11-4-2-3-5-12(11)29(22)26-27/h2-5,8,14,18H,6-7H2,1H3,(H5-,21,22,23,24,26,30,32,33)/b25-13+. The third-order valence-corrected chi connectivity index (χ3v) is 7.65. The highest BCUT2D eigenvalue weighted by Gasteiger charge is 2.53. The first-order chi connectivity index (χ1) is 17.3. The van der Waals surface area contributed by atoms with Crippen molar-refractivity contribution < 1.29 is 29.0 Å². The summed E-state index contributed by atoms with van der Waals surface area (Å²) in [6.07, 6.45) is 0. The fourth-order valence-electron chi connectivity index (χ4n) is 4.08. The van der Waals surface area contributed by atoms with Gasteiger partial charge in [-0.2, -0.15) is 0 Å². The Hall–Kier alpha value is -4.18. The highest BCUT2D eigenvalue weighted by molar-refractivity contribution is 8.00. The van der Waals surface area contributed by atoms with E-state index in [4.69, 9.17) is 16.4 Å². The zero-order valence-electron chi connectivity index (χ0n) is 18.7. The third kappa shape index (κ3) is 3.89. The van der Waals surface area contributed by atoms with Crippen LogP contribution in [0, 0.1) is 0 Å². The van der Waals surface area contributed by atoms with Crippen molar-refractivity contribution in [2.75, 3.05) is 24.4 Å². The van der Waals surface area contributed by atoms with E-state index in [0.29, 0.717) is 16.6 Å². The van der Waals surface area contributed by atoms with E-state index in [-0.39, 0.29) is 34.5 Å². The van der Waals surface area contributed by atoms with Crippen molar-refractivity contribution in [1.29, 1.82) is 0 Å². The predicted octanol–water partition coefficient (Wildman–Crippen LogP) is -2.47. The van der Waals surface area contributed by atoms with Gasteiger partial charge in [0.15, 0.2) is 10.8 Å². The molecule has 0 saturated carbocycles. The first-order valence-corrected chi connectivity index (χ1v) is 12.4. The van der Waals surface area contributed by atoms with Crippen LogP contribution in [-0.4, -0.2) is 67.7 Å². The van der Waals surface area contributed by atoms with Gasteiger partial charge in [-0.3, -0.25) is 14.5 Å². The lowest BCUT2D eigenvalue weighted by atomic mass is 10.0. The number of β-lactam (4-membered cyclic amide) rings is 1. The smallest absolute Gasteiger partial charge is 0.276 e. The Balaban J connectivity index is 1.38. The Morgan fingerprint density at radius 1 is 1.39 bits per heavy atom. The van der Waals surface area contributed by atoms with Crippen molar-refractivity contribution in [1.82, 2.24) is 25.2 Å². The average molecular weight is 530 g/mol. The maximum Gasteiger partial charge on any atom is 0.276 e. The Labute approximate surface area is 211 Å². The van der Waals surface area contributed by atoms with Crippen LogP contribution in [0.2, 0.25) is 0 Å². The Morgan fingerprint density at radius 3 is 2.86 bits per heavy atom. The van der Waals surface area contributed by atoms with Gasteiger partial charge in [0, 0.05) is 16.7 Å². The van der Waals surface area contributed by atoms with Crippen molar-refractivity contribution in [3.8, 4) is 0 Å². The summed E-state index contributed by atoms with van der Waals surface area (Å²) in [6, 6.07) is 6.23. The third-order valence-electron chi connectivity index (χ3n) is 5.64. The van der Waals surface area contributed by atoms with Gasteiger partial charge in [-0.05, 0) is 16.9 Å². The largest absolute Gasteiger partial charge is 0.543 e. The maximum absolute atomic E-state index is 13.0. The van der Waals surface area contributed by atoms with Gasteiger partial charge < -0.3 is 25.8 Å². The van der Waals surface area contributed by atoms with Crippen LogP contribution in [0.15, 0.2) is 46.1 Å². The van der Waals surface area contributed by atoms with Crippen molar-refractivity contribution in [3.05, 3.63) is 46.6 Å². The molecule has 5 N–H and O–H groups in total. The highest BCUT2D eigenvalue weighted by atomic mass is 32.2. The van der Waals surface area contributed by atoms with E-state index in [1.54, 1.807) is 16.8 Å². The van der Waals surface area contributed by atoms with Gasteiger partial charge in [0.1, 0.15) is 36.0 Å². The van der Waals surface area contributed by atoms with Crippen molar-refractivity contribution >= 4 is 62.8 Å². The number of carboxylic acid groups (broad SMARTS) is 1. The van der Waals surface area contributed by atoms with Crippen LogP contribution in [0.25, 0.3) is 11.0 Å². The molecule has 4 heterocycles. The fourth-order valence-corrected chi connectivity index (χ4v) is 5.96. The molecule has 3 aromatic rings. The van der Waals surface area contributed by atoms with E-state index < -0.39 is 29.2 Å². The molecular formula is C20H19N9O5S2. The van der Waals surface area contributed by atoms with E-state index in [0.717, 1.165) is 16.2 Å². The number of anilines is 1. The number of nitrogens with one attached hydrogen (secondary N) is 1. The lowest BCUT2D eigenvalue weighted by Crippen LogP contribution is -2.71. The van der Waals surface area contributed by atoms with E-state index >= 15 is 0 Å². The van der Waals surface area contributed by atoms with Crippen LogP contribution in [0.4, 0.5) is 5.13 Å². The summed E-state index contributed by atoms with van der Waals surface area (Å²) in [5.41, 5.74) is 7.23. The van der Waals surface area contributed by atoms with Crippen LogP contribution >= 0.6 is 23.1 Å². The minimum atomic E-state index is -1.50. The van der Waals surface area contributed by atoms with Crippen LogP contribution in [0.5, 0.6) is 0 Å². The quantitative estimate of drug-likeness (QED) is 0.0969. The van der Waals surface area contributed by atoms with Crippen LogP contribution in [0.1, 0.15) is 5.69 Å². The zero-order chi connectivity index (χ0) is 25.6. The summed E-state index contributed by atoms with van der Waals surface area (Å²) in [5.74, 6) is 3.39. The number of aromatic nitrogens is 4. The van der Waals surface area contributed by atoms with Crippen LogP contribution < -0.4 is 26.7 Å². The van der Waals surface area contributed by atoms with Crippen molar-refractivity contribution in [2.24, 2.45) is 5.16 Å². The van der Waals surface area contributed by atoms with Gasteiger partial charge in [-0.1, -0.05) is 17.3 Å². The topological polar surface area (TPSA) is 198 Å². The number of oxime groups is 1. The number of thiazole rings is 1. The molecule has 16 heteroatoms. The molecule has 14 nitrogen and oxygen atoms in total. The summed E-state index contributed by atoms with van der Waals surface area (Å²) in [5, 5.41) is 23.8. The number of fused-ring (bicyclic) bond motifs is 2. The summed E-state index contributed by atoms with van der Waals surface area (Å²) >= 11 is 2.43. The number of carbonyl (C=O) groups is 3. The van der Waals surface area contributed by atoms with Crippen LogP contribution in [-0.2, 0) is 25.8 Å². The molecule has 2 aliphatic rings. The Bertz CT molecular complexity index is 1460. The van der Waals surface area contributed by atoms with Crippen molar-refractivity contribution in [2.45, 2.75) is 18.0 Å². The lowest BCUT2D eigenvalue weighted by molar-refractivity contribution is -0.725. The molecule has 2 atom stereocenters. The number of carboxylic acids is 1. The number of benzene rings is 1. The number of thioether (sulfide) groups is 1. The number of para-hydroxylation sites is 2. The number of hydrogen-bond donors (Lipinski definition) is 3. The number of amides is 2. The monoisotopic (exact) mass is 529 g/mol. The number of nitrogens with zero attached hydrogens (tertiary/aromatic N) is 6. The first kappa shape index (κ1) is 23.6. The van der Waals surface area contributed by atoms with Gasteiger partial charge in [-0.15, -0.1) is 27.8 Å². The number of nitrogen functional groups attached to an aromatic ring is 2. The number of nitrogens with two attached hydrogens (primary N) is 2. The molecule has 2 aromatic heterocycles. The summed E-state index contributed by atoms with van der Waals surface area (Å²) in [4.78, 5) is 49.1. The maximum atomic E-state index is 13.0.